The standard InChI is InChI=1S/C15H16BrN/c1-10-4-3-5-12(8-10)15(17)14-7-6-13(16)9-11(14)2/h3-9,15H,17H2,1-2H3. The van der Waals surface area contributed by atoms with Gasteiger partial charge in [-0.15, -0.1) is 0 Å². The Morgan fingerprint density at radius 3 is 2.47 bits per heavy atom. The molecule has 1 atom stereocenters. The van der Waals surface area contributed by atoms with Crippen LogP contribution in [0.2, 0.25) is 0 Å². The lowest BCUT2D eigenvalue weighted by Crippen LogP contribution is -2.13. The molecule has 2 aromatic rings. The van der Waals surface area contributed by atoms with Crippen molar-refractivity contribution in [3.63, 3.8) is 0 Å². The quantitative estimate of drug-likeness (QED) is 0.884. The first kappa shape index (κ1) is 12.3. The molecule has 0 amide bonds. The monoisotopic (exact) mass is 289 g/mol. The maximum atomic E-state index is 6.32. The van der Waals surface area contributed by atoms with E-state index in [9.17, 15) is 0 Å². The summed E-state index contributed by atoms with van der Waals surface area (Å²) in [5, 5.41) is 0. The lowest BCUT2D eigenvalue weighted by atomic mass is 9.95. The largest absolute Gasteiger partial charge is 0.320 e. The third-order valence-corrected chi connectivity index (χ3v) is 3.46. The third kappa shape index (κ3) is 2.76. The number of hydrogen-bond acceptors (Lipinski definition) is 1. The van der Waals surface area contributed by atoms with Crippen LogP contribution in [-0.4, -0.2) is 0 Å². The van der Waals surface area contributed by atoms with Gasteiger partial charge in [0.15, 0.2) is 0 Å². The first-order valence-corrected chi connectivity index (χ1v) is 6.45. The van der Waals surface area contributed by atoms with Gasteiger partial charge in [0.1, 0.15) is 0 Å². The van der Waals surface area contributed by atoms with Crippen LogP contribution in [0.4, 0.5) is 0 Å². The van der Waals surface area contributed by atoms with Crippen molar-refractivity contribution in [3.05, 3.63) is 69.2 Å². The maximum Gasteiger partial charge on any atom is 0.0554 e. The molecule has 0 aliphatic rings. The van der Waals surface area contributed by atoms with Gasteiger partial charge in [0.05, 0.1) is 6.04 Å². The highest BCUT2D eigenvalue weighted by Crippen LogP contribution is 2.25. The Morgan fingerprint density at radius 2 is 1.82 bits per heavy atom. The van der Waals surface area contributed by atoms with E-state index >= 15 is 0 Å². The van der Waals surface area contributed by atoms with E-state index in [1.54, 1.807) is 0 Å². The molecule has 0 bridgehead atoms. The molecule has 88 valence electrons. The number of hydrogen-bond donors (Lipinski definition) is 1. The van der Waals surface area contributed by atoms with Gasteiger partial charge in [0, 0.05) is 4.47 Å². The van der Waals surface area contributed by atoms with Crippen LogP contribution in [0.3, 0.4) is 0 Å². The molecule has 2 heteroatoms. The van der Waals surface area contributed by atoms with Crippen molar-refractivity contribution < 1.29 is 0 Å². The van der Waals surface area contributed by atoms with Crippen LogP contribution >= 0.6 is 15.9 Å². The van der Waals surface area contributed by atoms with E-state index in [-0.39, 0.29) is 6.04 Å². The summed E-state index contributed by atoms with van der Waals surface area (Å²) in [6.07, 6.45) is 0. The Morgan fingerprint density at radius 1 is 1.06 bits per heavy atom. The molecule has 0 aliphatic carbocycles. The zero-order valence-corrected chi connectivity index (χ0v) is 11.7. The van der Waals surface area contributed by atoms with Crippen molar-refractivity contribution in [1.82, 2.24) is 0 Å². The normalized spacial score (nSPS) is 12.5. The first-order valence-electron chi connectivity index (χ1n) is 5.66. The molecular weight excluding hydrogens is 274 g/mol. The van der Waals surface area contributed by atoms with Crippen LogP contribution in [0.1, 0.15) is 28.3 Å². The fraction of sp³-hybridized carbons (Fsp3) is 0.200. The van der Waals surface area contributed by atoms with Gasteiger partial charge in [-0.1, -0.05) is 51.8 Å². The second-order valence-electron chi connectivity index (χ2n) is 4.39. The molecule has 2 N–H and O–H groups in total. The number of nitrogens with two attached hydrogens (primary N) is 1. The first-order chi connectivity index (χ1) is 8.08. The molecule has 0 aromatic heterocycles. The Bertz CT molecular complexity index is 534. The third-order valence-electron chi connectivity index (χ3n) is 2.97. The second kappa shape index (κ2) is 5.03. The van der Waals surface area contributed by atoms with Crippen LogP contribution in [0.25, 0.3) is 0 Å². The lowest BCUT2D eigenvalue weighted by Gasteiger charge is -2.16. The predicted octanol–water partition coefficient (Wildman–Crippen LogP) is 4.11. The zero-order chi connectivity index (χ0) is 12.4. The van der Waals surface area contributed by atoms with E-state index in [0.717, 1.165) is 10.0 Å². The lowest BCUT2D eigenvalue weighted by molar-refractivity contribution is 0.859. The molecule has 0 saturated carbocycles. The van der Waals surface area contributed by atoms with E-state index < -0.39 is 0 Å². The molecule has 0 heterocycles. The Balaban J connectivity index is 2.40. The fourth-order valence-electron chi connectivity index (χ4n) is 2.03. The molecule has 0 radical (unpaired) electrons. The number of aryl methyl sites for hydroxylation is 2. The molecule has 1 unspecified atom stereocenters. The Labute approximate surface area is 111 Å². The van der Waals surface area contributed by atoms with Gasteiger partial charge in [-0.2, -0.15) is 0 Å². The van der Waals surface area contributed by atoms with Crippen LogP contribution in [0.5, 0.6) is 0 Å². The van der Waals surface area contributed by atoms with Crippen LogP contribution in [0, 0.1) is 13.8 Å². The summed E-state index contributed by atoms with van der Waals surface area (Å²) < 4.78 is 1.09. The summed E-state index contributed by atoms with van der Waals surface area (Å²) in [6.45, 7) is 4.18. The number of rotatable bonds is 2. The summed E-state index contributed by atoms with van der Waals surface area (Å²) in [6, 6.07) is 14.5. The highest BCUT2D eigenvalue weighted by Gasteiger charge is 2.11. The van der Waals surface area contributed by atoms with Gasteiger partial charge in [-0.05, 0) is 42.7 Å². The van der Waals surface area contributed by atoms with Crippen LogP contribution in [0.15, 0.2) is 46.9 Å². The van der Waals surface area contributed by atoms with E-state index in [1.165, 1.54) is 16.7 Å². The average molecular weight is 290 g/mol. The molecule has 0 saturated heterocycles. The molecule has 2 aromatic carbocycles. The van der Waals surface area contributed by atoms with E-state index in [1.807, 2.05) is 6.07 Å². The average Bonchev–Trinajstić information content (AvgIpc) is 2.28. The highest BCUT2D eigenvalue weighted by molar-refractivity contribution is 9.10. The minimum Gasteiger partial charge on any atom is -0.320 e. The summed E-state index contributed by atoms with van der Waals surface area (Å²) in [5.41, 5.74) is 11.1. The molecular formula is C15H16BrN. The highest BCUT2D eigenvalue weighted by atomic mass is 79.9. The molecule has 17 heavy (non-hydrogen) atoms. The van der Waals surface area contributed by atoms with Gasteiger partial charge in [0.25, 0.3) is 0 Å². The Kier molecular flexibility index (Phi) is 3.65. The van der Waals surface area contributed by atoms with Crippen molar-refractivity contribution >= 4 is 15.9 Å². The number of benzene rings is 2. The summed E-state index contributed by atoms with van der Waals surface area (Å²) in [4.78, 5) is 0. The predicted molar refractivity (Wildman–Crippen MR) is 76.1 cm³/mol. The Hall–Kier alpha value is -1.12. The maximum absolute atomic E-state index is 6.32. The summed E-state index contributed by atoms with van der Waals surface area (Å²) in [7, 11) is 0. The van der Waals surface area contributed by atoms with Gasteiger partial charge in [-0.25, -0.2) is 0 Å². The smallest absolute Gasteiger partial charge is 0.0554 e. The van der Waals surface area contributed by atoms with Crippen molar-refractivity contribution in [2.24, 2.45) is 5.73 Å². The topological polar surface area (TPSA) is 26.0 Å². The van der Waals surface area contributed by atoms with Gasteiger partial charge >= 0.3 is 0 Å². The van der Waals surface area contributed by atoms with Crippen LogP contribution < -0.4 is 5.73 Å². The molecule has 0 fully saturated rings. The summed E-state index contributed by atoms with van der Waals surface area (Å²) in [5.74, 6) is 0. The van der Waals surface area contributed by atoms with E-state index in [0.29, 0.717) is 0 Å². The van der Waals surface area contributed by atoms with Crippen molar-refractivity contribution in [1.29, 1.82) is 0 Å². The van der Waals surface area contributed by atoms with Crippen molar-refractivity contribution in [3.8, 4) is 0 Å². The SMILES string of the molecule is Cc1cccc(C(N)c2ccc(Br)cc2C)c1. The second-order valence-corrected chi connectivity index (χ2v) is 5.31. The van der Waals surface area contributed by atoms with E-state index in [2.05, 4.69) is 66.2 Å². The van der Waals surface area contributed by atoms with Gasteiger partial charge in [0.2, 0.25) is 0 Å². The molecule has 2 rings (SSSR count). The number of halogens is 1. The van der Waals surface area contributed by atoms with Gasteiger partial charge < -0.3 is 5.73 Å². The fourth-order valence-corrected chi connectivity index (χ4v) is 2.51. The molecule has 1 nitrogen and oxygen atoms in total. The van der Waals surface area contributed by atoms with Gasteiger partial charge in [-0.3, -0.25) is 0 Å². The van der Waals surface area contributed by atoms with Crippen LogP contribution in [-0.2, 0) is 0 Å². The van der Waals surface area contributed by atoms with E-state index in [4.69, 9.17) is 5.73 Å². The minimum atomic E-state index is -0.0528. The minimum absolute atomic E-state index is 0.0528. The zero-order valence-electron chi connectivity index (χ0n) is 10.1. The molecule has 0 spiro atoms. The molecule has 0 aliphatic heterocycles. The van der Waals surface area contributed by atoms with Crippen molar-refractivity contribution in [2.75, 3.05) is 0 Å². The van der Waals surface area contributed by atoms with Crippen molar-refractivity contribution in [2.45, 2.75) is 19.9 Å². The summed E-state index contributed by atoms with van der Waals surface area (Å²) >= 11 is 3.47.